The van der Waals surface area contributed by atoms with Gasteiger partial charge in [-0.2, -0.15) is 8.75 Å². The van der Waals surface area contributed by atoms with Crippen LogP contribution in [0.4, 0.5) is 0 Å². The maximum atomic E-state index is 10.6. The summed E-state index contributed by atoms with van der Waals surface area (Å²) in [5.41, 5.74) is 7.91. The smallest absolute Gasteiger partial charge is 0.320 e. The van der Waals surface area contributed by atoms with Crippen molar-refractivity contribution in [3.05, 3.63) is 23.8 Å². The van der Waals surface area contributed by atoms with Crippen LogP contribution in [0.15, 0.2) is 18.2 Å². The molecular formula is C9H9ClN3O2S-. The predicted molar refractivity (Wildman–Crippen MR) is 56.7 cm³/mol. The molecule has 86 valence electrons. The van der Waals surface area contributed by atoms with E-state index in [1.165, 1.54) is 0 Å². The third kappa shape index (κ3) is 2.66. The molecule has 5 nitrogen and oxygen atoms in total. The van der Waals surface area contributed by atoms with E-state index in [4.69, 9.17) is 10.8 Å². The number of nitrogens with two attached hydrogens (primary N) is 1. The molecule has 1 aromatic heterocycles. The van der Waals surface area contributed by atoms with Crippen molar-refractivity contribution in [2.75, 3.05) is 0 Å². The van der Waals surface area contributed by atoms with E-state index < -0.39 is 12.0 Å². The fourth-order valence-electron chi connectivity index (χ4n) is 1.30. The number of rotatable bonds is 3. The predicted octanol–water partition coefficient (Wildman–Crippen LogP) is -2.35. The second-order valence-electron chi connectivity index (χ2n) is 3.24. The van der Waals surface area contributed by atoms with Gasteiger partial charge in [-0.15, -0.1) is 0 Å². The molecule has 16 heavy (non-hydrogen) atoms. The Kier molecular flexibility index (Phi) is 4.17. The van der Waals surface area contributed by atoms with Crippen molar-refractivity contribution in [3.63, 3.8) is 0 Å². The van der Waals surface area contributed by atoms with Crippen molar-refractivity contribution in [2.24, 2.45) is 5.73 Å². The van der Waals surface area contributed by atoms with E-state index in [0.717, 1.165) is 28.3 Å². The van der Waals surface area contributed by atoms with Gasteiger partial charge in [0.05, 0.1) is 11.7 Å². The molecule has 0 aliphatic carbocycles. The minimum atomic E-state index is -0.994. The van der Waals surface area contributed by atoms with E-state index in [1.807, 2.05) is 18.2 Å². The highest BCUT2D eigenvalue weighted by atomic mass is 35.5. The normalized spacial score (nSPS) is 12.1. The summed E-state index contributed by atoms with van der Waals surface area (Å²) < 4.78 is 8.13. The molecular weight excluding hydrogens is 250 g/mol. The van der Waals surface area contributed by atoms with E-state index in [-0.39, 0.29) is 12.4 Å². The van der Waals surface area contributed by atoms with Gasteiger partial charge in [0, 0.05) is 0 Å². The van der Waals surface area contributed by atoms with Crippen molar-refractivity contribution in [1.29, 1.82) is 0 Å². The molecule has 0 amide bonds. The topological polar surface area (TPSA) is 89.1 Å². The number of carbonyl (C=O) groups is 1. The molecule has 2 rings (SSSR count). The van der Waals surface area contributed by atoms with Crippen LogP contribution in [0.1, 0.15) is 5.56 Å². The molecule has 0 saturated carbocycles. The number of hydrogen-bond acceptors (Lipinski definition) is 5. The van der Waals surface area contributed by atoms with Crippen LogP contribution in [0.3, 0.4) is 0 Å². The highest BCUT2D eigenvalue weighted by molar-refractivity contribution is 7.00. The fourth-order valence-corrected chi connectivity index (χ4v) is 1.81. The monoisotopic (exact) mass is 258 g/mol. The molecule has 0 spiro atoms. The van der Waals surface area contributed by atoms with E-state index >= 15 is 0 Å². The molecule has 0 bridgehead atoms. The Labute approximate surface area is 102 Å². The SMILES string of the molecule is NC(Cc1ccc2nsnc2c1)C(=O)O.[Cl-]. The van der Waals surface area contributed by atoms with Crippen LogP contribution in [-0.2, 0) is 11.2 Å². The lowest BCUT2D eigenvalue weighted by Crippen LogP contribution is -3.00. The number of aliphatic carboxylic acids is 1. The number of aromatic nitrogens is 2. The van der Waals surface area contributed by atoms with E-state index in [2.05, 4.69) is 8.75 Å². The van der Waals surface area contributed by atoms with Crippen LogP contribution in [0.2, 0.25) is 0 Å². The second kappa shape index (κ2) is 5.20. The number of fused-ring (bicyclic) bond motifs is 1. The first kappa shape index (κ1) is 12.8. The molecule has 1 aromatic carbocycles. The van der Waals surface area contributed by atoms with Gasteiger partial charge in [0.15, 0.2) is 0 Å². The van der Waals surface area contributed by atoms with Gasteiger partial charge in [0.25, 0.3) is 0 Å². The quantitative estimate of drug-likeness (QED) is 0.644. The van der Waals surface area contributed by atoms with E-state index in [1.54, 1.807) is 0 Å². The summed E-state index contributed by atoms with van der Waals surface area (Å²) in [6, 6.07) is 4.60. The van der Waals surface area contributed by atoms with E-state index in [9.17, 15) is 4.79 Å². The van der Waals surface area contributed by atoms with E-state index in [0.29, 0.717) is 6.42 Å². The molecule has 0 saturated heterocycles. The molecule has 0 fully saturated rings. The number of benzene rings is 1. The minimum absolute atomic E-state index is 0. The van der Waals surface area contributed by atoms with Gasteiger partial charge in [0.2, 0.25) is 0 Å². The summed E-state index contributed by atoms with van der Waals surface area (Å²) in [7, 11) is 0. The molecule has 1 unspecified atom stereocenters. The Morgan fingerprint density at radius 2 is 2.12 bits per heavy atom. The summed E-state index contributed by atoms with van der Waals surface area (Å²) in [6.07, 6.45) is 0.308. The summed E-state index contributed by atoms with van der Waals surface area (Å²) in [6.45, 7) is 0. The molecule has 2 aromatic rings. The number of hydrogen-bond donors (Lipinski definition) is 2. The van der Waals surface area contributed by atoms with Gasteiger partial charge in [-0.05, 0) is 24.1 Å². The van der Waals surface area contributed by atoms with Gasteiger partial charge in [-0.3, -0.25) is 4.79 Å². The lowest BCUT2D eigenvalue weighted by molar-refractivity contribution is -0.138. The average Bonchev–Trinajstić information content (AvgIpc) is 2.64. The molecule has 0 aliphatic heterocycles. The summed E-state index contributed by atoms with van der Waals surface area (Å²) in [4.78, 5) is 10.6. The van der Waals surface area contributed by atoms with Gasteiger partial charge < -0.3 is 23.2 Å². The maximum Gasteiger partial charge on any atom is 0.320 e. The van der Waals surface area contributed by atoms with Crippen molar-refractivity contribution < 1.29 is 22.3 Å². The van der Waals surface area contributed by atoms with Crippen LogP contribution in [0.5, 0.6) is 0 Å². The number of nitrogens with zero attached hydrogens (tertiary/aromatic N) is 2. The van der Waals surface area contributed by atoms with Crippen LogP contribution < -0.4 is 18.1 Å². The third-order valence-electron chi connectivity index (χ3n) is 2.09. The van der Waals surface area contributed by atoms with Crippen molar-refractivity contribution in [1.82, 2.24) is 8.75 Å². The van der Waals surface area contributed by atoms with Gasteiger partial charge in [-0.1, -0.05) is 6.07 Å². The van der Waals surface area contributed by atoms with Crippen LogP contribution in [-0.4, -0.2) is 25.9 Å². The zero-order chi connectivity index (χ0) is 10.8. The number of halogens is 1. The molecule has 0 radical (unpaired) electrons. The van der Waals surface area contributed by atoms with Crippen LogP contribution in [0.25, 0.3) is 11.0 Å². The molecule has 7 heteroatoms. The average molecular weight is 259 g/mol. The van der Waals surface area contributed by atoms with Gasteiger partial charge in [-0.25, -0.2) is 0 Å². The Hall–Kier alpha value is -1.24. The Bertz CT molecular complexity index is 502. The van der Waals surface area contributed by atoms with Crippen LogP contribution in [0, 0.1) is 0 Å². The summed E-state index contributed by atoms with van der Waals surface area (Å²) >= 11 is 1.14. The van der Waals surface area contributed by atoms with Crippen molar-refractivity contribution in [2.45, 2.75) is 12.5 Å². The highest BCUT2D eigenvalue weighted by Gasteiger charge is 2.12. The lowest BCUT2D eigenvalue weighted by Gasteiger charge is -2.05. The first-order chi connectivity index (χ1) is 7.16. The molecule has 3 N–H and O–H groups in total. The zero-order valence-electron chi connectivity index (χ0n) is 8.13. The summed E-state index contributed by atoms with van der Waals surface area (Å²) in [5, 5.41) is 8.67. The zero-order valence-corrected chi connectivity index (χ0v) is 9.70. The van der Waals surface area contributed by atoms with Crippen molar-refractivity contribution in [3.8, 4) is 0 Å². The minimum Gasteiger partial charge on any atom is -1.00 e. The highest BCUT2D eigenvalue weighted by Crippen LogP contribution is 2.14. The summed E-state index contributed by atoms with van der Waals surface area (Å²) in [5.74, 6) is -0.994. The largest absolute Gasteiger partial charge is 1.00 e. The standard InChI is InChI=1S/C9H9N3O2S.ClH/c10-6(9(13)14)3-5-1-2-7-8(4-5)12-15-11-7;/h1-2,4,6H,3,10H2,(H,13,14);1H/p-1. The van der Waals surface area contributed by atoms with Crippen LogP contribution >= 0.6 is 11.7 Å². The Balaban J connectivity index is 0.00000128. The Morgan fingerprint density at radius 1 is 1.44 bits per heavy atom. The first-order valence-electron chi connectivity index (χ1n) is 4.36. The van der Waals surface area contributed by atoms with Gasteiger partial charge >= 0.3 is 5.97 Å². The first-order valence-corrected chi connectivity index (χ1v) is 5.09. The maximum absolute atomic E-state index is 10.6. The third-order valence-corrected chi connectivity index (χ3v) is 2.65. The fraction of sp³-hybridized carbons (Fsp3) is 0.222. The molecule has 0 aliphatic rings. The lowest BCUT2D eigenvalue weighted by atomic mass is 10.1. The van der Waals surface area contributed by atoms with Crippen molar-refractivity contribution >= 4 is 28.7 Å². The number of carboxylic acid groups (broad SMARTS) is 1. The number of carboxylic acids is 1. The Morgan fingerprint density at radius 3 is 2.81 bits per heavy atom. The second-order valence-corrected chi connectivity index (χ2v) is 3.76. The molecule has 1 heterocycles. The van der Waals surface area contributed by atoms with Gasteiger partial charge in [0.1, 0.15) is 17.1 Å². The molecule has 1 atom stereocenters.